The van der Waals surface area contributed by atoms with E-state index in [-0.39, 0.29) is 0 Å². The van der Waals surface area contributed by atoms with Gasteiger partial charge in [-0.1, -0.05) is 12.8 Å². The number of unbranched alkanes of at least 4 members (excludes halogenated alkanes) is 3. The fourth-order valence-corrected chi connectivity index (χ4v) is 1.70. The smallest absolute Gasteiger partial charge is 0.382 e. The molecule has 0 rings (SSSR count). The van der Waals surface area contributed by atoms with Crippen molar-refractivity contribution in [2.75, 3.05) is 25.1 Å². The van der Waals surface area contributed by atoms with Crippen LogP contribution in [0.3, 0.4) is 0 Å². The van der Waals surface area contributed by atoms with E-state index in [1.54, 1.807) is 11.8 Å². The summed E-state index contributed by atoms with van der Waals surface area (Å²) >= 11 is 1.80. The average Bonchev–Trinajstić information content (AvgIpc) is 2.20. The van der Waals surface area contributed by atoms with Crippen LogP contribution in [-0.2, 0) is 0 Å². The number of aliphatic hydroxyl groups is 1. The zero-order valence-electron chi connectivity index (χ0n) is 9.52. The summed E-state index contributed by atoms with van der Waals surface area (Å²) in [4.78, 5) is 0. The molecule has 0 fully saturated rings. The monoisotopic (exact) mass is 259 g/mol. The van der Waals surface area contributed by atoms with Crippen molar-refractivity contribution < 1.29 is 18.3 Å². The molecule has 0 saturated carbocycles. The Hall–Kier alpha value is 0.0600. The number of hydrogen-bond donors (Lipinski definition) is 2. The molecule has 6 heteroatoms. The number of hydrogen-bond acceptors (Lipinski definition) is 3. The normalized spacial score (nSPS) is 14.1. The zero-order valence-corrected chi connectivity index (χ0v) is 10.3. The van der Waals surface area contributed by atoms with Crippen LogP contribution in [0.25, 0.3) is 0 Å². The molecule has 0 radical (unpaired) electrons. The summed E-state index contributed by atoms with van der Waals surface area (Å²) in [6.45, 7) is 0.126. The van der Waals surface area contributed by atoms with Gasteiger partial charge < -0.3 is 10.4 Å². The third-order valence-corrected chi connectivity index (χ3v) is 2.86. The summed E-state index contributed by atoms with van der Waals surface area (Å²) in [6, 6.07) is 0. The number of nitrogens with one attached hydrogen (secondary N) is 1. The van der Waals surface area contributed by atoms with Crippen molar-refractivity contribution in [1.82, 2.24) is 5.32 Å². The molecule has 2 N–H and O–H groups in total. The van der Waals surface area contributed by atoms with Crippen LogP contribution in [0.15, 0.2) is 0 Å². The van der Waals surface area contributed by atoms with E-state index in [1.165, 1.54) is 0 Å². The molecule has 0 aromatic rings. The Morgan fingerprint density at radius 3 is 2.38 bits per heavy atom. The van der Waals surface area contributed by atoms with Crippen LogP contribution in [0.5, 0.6) is 0 Å². The van der Waals surface area contributed by atoms with Gasteiger partial charge in [-0.15, -0.1) is 0 Å². The van der Waals surface area contributed by atoms with E-state index in [9.17, 15) is 13.2 Å². The molecule has 1 atom stereocenters. The lowest BCUT2D eigenvalue weighted by molar-refractivity contribution is -0.201. The quantitative estimate of drug-likeness (QED) is 0.624. The molecule has 0 spiro atoms. The second kappa shape index (κ2) is 9.13. The van der Waals surface area contributed by atoms with Crippen LogP contribution in [-0.4, -0.2) is 42.5 Å². The Balaban J connectivity index is 3.21. The third kappa shape index (κ3) is 9.30. The van der Waals surface area contributed by atoms with E-state index in [4.69, 9.17) is 5.11 Å². The van der Waals surface area contributed by atoms with E-state index in [0.29, 0.717) is 6.54 Å². The molecule has 0 aliphatic carbocycles. The predicted molar refractivity (Wildman–Crippen MR) is 61.8 cm³/mol. The lowest BCUT2D eigenvalue weighted by Crippen LogP contribution is -2.38. The number of aliphatic hydroxyl groups excluding tert-OH is 1. The first-order chi connectivity index (χ1) is 7.48. The summed E-state index contributed by atoms with van der Waals surface area (Å²) in [6.07, 6.45) is -0.541. The molecular weight excluding hydrogens is 239 g/mol. The second-order valence-electron chi connectivity index (χ2n) is 3.67. The van der Waals surface area contributed by atoms with Crippen LogP contribution < -0.4 is 5.32 Å². The van der Waals surface area contributed by atoms with E-state index < -0.39 is 18.8 Å². The van der Waals surface area contributed by atoms with Gasteiger partial charge in [0.05, 0.1) is 0 Å². The lowest BCUT2D eigenvalue weighted by atomic mass is 10.2. The molecule has 16 heavy (non-hydrogen) atoms. The molecule has 0 aliphatic heterocycles. The van der Waals surface area contributed by atoms with Crippen LogP contribution in [0, 0.1) is 0 Å². The predicted octanol–water partition coefficient (Wildman–Crippen LogP) is 2.42. The highest BCUT2D eigenvalue weighted by atomic mass is 32.2. The van der Waals surface area contributed by atoms with Gasteiger partial charge in [-0.2, -0.15) is 24.9 Å². The van der Waals surface area contributed by atoms with Crippen molar-refractivity contribution in [3.05, 3.63) is 0 Å². The Morgan fingerprint density at radius 2 is 1.81 bits per heavy atom. The largest absolute Gasteiger partial charge is 0.415 e. The maximum absolute atomic E-state index is 11.9. The molecule has 0 aromatic heterocycles. The molecule has 1 unspecified atom stereocenters. The Bertz CT molecular complexity index is 167. The highest BCUT2D eigenvalue weighted by Crippen LogP contribution is 2.19. The Labute approximate surface area is 99.0 Å². The minimum absolute atomic E-state index is 0.408. The van der Waals surface area contributed by atoms with Gasteiger partial charge in [-0.05, 0) is 31.4 Å². The minimum Gasteiger partial charge on any atom is -0.382 e. The molecule has 98 valence electrons. The fourth-order valence-electron chi connectivity index (χ4n) is 1.20. The average molecular weight is 259 g/mol. The van der Waals surface area contributed by atoms with Crippen LogP contribution >= 0.6 is 11.8 Å². The van der Waals surface area contributed by atoms with Crippen LogP contribution in [0.1, 0.15) is 25.7 Å². The van der Waals surface area contributed by atoms with Gasteiger partial charge in [0.25, 0.3) is 0 Å². The summed E-state index contributed by atoms with van der Waals surface area (Å²) in [5.41, 5.74) is 0. The first kappa shape index (κ1) is 16.1. The van der Waals surface area contributed by atoms with E-state index in [1.807, 2.05) is 0 Å². The zero-order chi connectivity index (χ0) is 12.4. The van der Waals surface area contributed by atoms with Gasteiger partial charge in [0, 0.05) is 6.54 Å². The molecular formula is C10H20F3NOS. The summed E-state index contributed by atoms with van der Waals surface area (Å²) in [5.74, 6) is 1.14. The first-order valence-electron chi connectivity index (χ1n) is 5.43. The lowest BCUT2D eigenvalue weighted by Gasteiger charge is -2.14. The van der Waals surface area contributed by atoms with Gasteiger partial charge in [-0.25, -0.2) is 0 Å². The molecule has 2 nitrogen and oxygen atoms in total. The van der Waals surface area contributed by atoms with Crippen molar-refractivity contribution >= 4 is 11.8 Å². The van der Waals surface area contributed by atoms with Crippen molar-refractivity contribution in [2.45, 2.75) is 38.0 Å². The molecule has 0 saturated heterocycles. The van der Waals surface area contributed by atoms with E-state index >= 15 is 0 Å². The van der Waals surface area contributed by atoms with Crippen molar-refractivity contribution in [3.63, 3.8) is 0 Å². The first-order valence-corrected chi connectivity index (χ1v) is 6.82. The fraction of sp³-hybridized carbons (Fsp3) is 1.00. The molecule has 0 bridgehead atoms. The number of thioether (sulfide) groups is 1. The maximum atomic E-state index is 11.9. The van der Waals surface area contributed by atoms with Gasteiger partial charge in [-0.3, -0.25) is 0 Å². The summed E-state index contributed by atoms with van der Waals surface area (Å²) in [7, 11) is 0. The van der Waals surface area contributed by atoms with Crippen LogP contribution in [0.4, 0.5) is 13.2 Å². The minimum atomic E-state index is -4.51. The Morgan fingerprint density at radius 1 is 1.19 bits per heavy atom. The number of rotatable bonds is 9. The SMILES string of the molecule is CSCCCCCCNCC(O)C(F)(F)F. The highest BCUT2D eigenvalue weighted by Gasteiger charge is 2.37. The maximum Gasteiger partial charge on any atom is 0.415 e. The van der Waals surface area contributed by atoms with E-state index in [2.05, 4.69) is 11.6 Å². The van der Waals surface area contributed by atoms with Crippen molar-refractivity contribution in [1.29, 1.82) is 0 Å². The Kier molecular flexibility index (Phi) is 9.16. The molecule has 0 amide bonds. The number of halogens is 3. The number of alkyl halides is 3. The summed E-state index contributed by atoms with van der Waals surface area (Å²) < 4.78 is 35.6. The van der Waals surface area contributed by atoms with Gasteiger partial charge >= 0.3 is 6.18 Å². The van der Waals surface area contributed by atoms with Gasteiger partial charge in [0.15, 0.2) is 6.10 Å². The highest BCUT2D eigenvalue weighted by molar-refractivity contribution is 7.98. The third-order valence-electron chi connectivity index (χ3n) is 2.17. The van der Waals surface area contributed by atoms with Crippen LogP contribution in [0.2, 0.25) is 0 Å². The standard InChI is InChI=1S/C10H20F3NOS/c1-16-7-5-3-2-4-6-14-8-9(15)10(11,12)13/h9,14-15H,2-8H2,1H3. The molecule has 0 aliphatic rings. The molecule has 0 aromatic carbocycles. The van der Waals surface area contributed by atoms with Gasteiger partial charge in [0.1, 0.15) is 0 Å². The summed E-state index contributed by atoms with van der Waals surface area (Å²) in [5, 5.41) is 11.3. The van der Waals surface area contributed by atoms with Crippen molar-refractivity contribution in [3.8, 4) is 0 Å². The van der Waals surface area contributed by atoms with Crippen molar-refractivity contribution in [2.24, 2.45) is 0 Å². The van der Waals surface area contributed by atoms with E-state index in [0.717, 1.165) is 31.4 Å². The topological polar surface area (TPSA) is 32.3 Å². The molecule has 0 heterocycles. The second-order valence-corrected chi connectivity index (χ2v) is 4.65. The van der Waals surface area contributed by atoms with Gasteiger partial charge in [0.2, 0.25) is 0 Å².